The molecule has 1 aromatic heterocycles. The molecule has 2 heterocycles. The van der Waals surface area contributed by atoms with Gasteiger partial charge in [-0.1, -0.05) is 11.6 Å². The predicted octanol–water partition coefficient (Wildman–Crippen LogP) is 1.71. The predicted molar refractivity (Wildman–Crippen MR) is 97.5 cm³/mol. The number of hydrogen-bond acceptors (Lipinski definition) is 6. The van der Waals surface area contributed by atoms with Gasteiger partial charge in [-0.25, -0.2) is 0 Å². The molecule has 8 nitrogen and oxygen atoms in total. The highest BCUT2D eigenvalue weighted by molar-refractivity contribution is 6.30. The number of piperazine rings is 1. The lowest BCUT2D eigenvalue weighted by atomic mass is 10.2. The van der Waals surface area contributed by atoms with Crippen LogP contribution in [0.4, 0.5) is 0 Å². The van der Waals surface area contributed by atoms with Crippen LogP contribution >= 0.6 is 11.6 Å². The van der Waals surface area contributed by atoms with E-state index < -0.39 is 0 Å². The third-order valence-electron chi connectivity index (χ3n) is 4.28. The smallest absolute Gasteiger partial charge is 0.260 e. The molecule has 3 rings (SSSR count). The van der Waals surface area contributed by atoms with E-state index in [0.29, 0.717) is 61.6 Å². The summed E-state index contributed by atoms with van der Waals surface area (Å²) in [6.07, 6.45) is 0.739. The van der Waals surface area contributed by atoms with Crippen molar-refractivity contribution < 1.29 is 18.7 Å². The average molecular weight is 393 g/mol. The van der Waals surface area contributed by atoms with Gasteiger partial charge >= 0.3 is 0 Å². The molecular weight excluding hydrogens is 372 g/mol. The van der Waals surface area contributed by atoms with Crippen LogP contribution in [0.2, 0.25) is 5.02 Å². The zero-order valence-electron chi connectivity index (χ0n) is 15.1. The Balaban J connectivity index is 1.39. The first kappa shape index (κ1) is 19.2. The third-order valence-corrected chi connectivity index (χ3v) is 4.53. The van der Waals surface area contributed by atoms with Crippen molar-refractivity contribution in [2.45, 2.75) is 19.8 Å². The summed E-state index contributed by atoms with van der Waals surface area (Å²) in [7, 11) is 0. The summed E-state index contributed by atoms with van der Waals surface area (Å²) in [5.41, 5.74) is 0. The van der Waals surface area contributed by atoms with Gasteiger partial charge < -0.3 is 19.0 Å². The topological polar surface area (TPSA) is 88.8 Å². The summed E-state index contributed by atoms with van der Waals surface area (Å²) in [5.74, 6) is 1.48. The molecule has 0 N–H and O–H groups in total. The number of aromatic nitrogens is 2. The number of carbonyl (C=O) groups excluding carboxylic acids is 2. The summed E-state index contributed by atoms with van der Waals surface area (Å²) in [5, 5.41) is 8.25. The number of ether oxygens (including phenoxy) is 1. The molecule has 2 amide bonds. The van der Waals surface area contributed by atoms with Crippen molar-refractivity contribution in [3.05, 3.63) is 41.1 Å². The number of carbonyl (C=O) groups is 2. The van der Waals surface area contributed by atoms with Gasteiger partial charge in [-0.3, -0.25) is 9.59 Å². The van der Waals surface area contributed by atoms with E-state index in [1.165, 1.54) is 0 Å². The molecule has 1 aliphatic heterocycles. The Morgan fingerprint density at radius 2 is 1.70 bits per heavy atom. The lowest BCUT2D eigenvalue weighted by molar-refractivity contribution is -0.140. The summed E-state index contributed by atoms with van der Waals surface area (Å²) >= 11 is 5.82. The Bertz CT molecular complexity index is 785. The van der Waals surface area contributed by atoms with Gasteiger partial charge in [0.25, 0.3) is 5.91 Å². The molecule has 1 aromatic carbocycles. The first-order chi connectivity index (χ1) is 13.0. The maximum atomic E-state index is 12.3. The highest BCUT2D eigenvalue weighted by Gasteiger charge is 2.24. The van der Waals surface area contributed by atoms with E-state index >= 15 is 0 Å². The van der Waals surface area contributed by atoms with Crippen LogP contribution in [0.25, 0.3) is 0 Å². The minimum atomic E-state index is -0.0987. The van der Waals surface area contributed by atoms with Gasteiger partial charge in [0.2, 0.25) is 17.7 Å². The molecule has 144 valence electrons. The lowest BCUT2D eigenvalue weighted by Crippen LogP contribution is -2.51. The fraction of sp³-hybridized carbons (Fsp3) is 0.444. The van der Waals surface area contributed by atoms with E-state index in [0.717, 1.165) is 0 Å². The second-order valence-corrected chi connectivity index (χ2v) is 6.66. The second kappa shape index (κ2) is 8.85. The Morgan fingerprint density at radius 3 is 2.30 bits per heavy atom. The standard InChI is InChI=1S/C18H21ClN4O4/c1-13-20-21-16(27-13)6-7-17(24)22-8-10-23(11-9-22)18(25)12-26-15-4-2-14(19)3-5-15/h2-5H,6-12H2,1H3. The van der Waals surface area contributed by atoms with Crippen LogP contribution in [0, 0.1) is 6.92 Å². The first-order valence-electron chi connectivity index (χ1n) is 8.74. The van der Waals surface area contributed by atoms with Crippen LogP contribution in [0.5, 0.6) is 5.75 Å². The molecular formula is C18H21ClN4O4. The third kappa shape index (κ3) is 5.43. The molecule has 1 aliphatic rings. The lowest BCUT2D eigenvalue weighted by Gasteiger charge is -2.34. The molecule has 0 radical (unpaired) electrons. The number of benzene rings is 1. The monoisotopic (exact) mass is 392 g/mol. The van der Waals surface area contributed by atoms with Crippen LogP contribution in [0.3, 0.4) is 0 Å². The van der Waals surface area contributed by atoms with Gasteiger partial charge in [0.05, 0.1) is 0 Å². The molecule has 0 aliphatic carbocycles. The highest BCUT2D eigenvalue weighted by atomic mass is 35.5. The molecule has 27 heavy (non-hydrogen) atoms. The van der Waals surface area contributed by atoms with E-state index in [1.807, 2.05) is 0 Å². The Labute approximate surface area is 162 Å². The number of hydrogen-bond donors (Lipinski definition) is 0. The summed E-state index contributed by atoms with van der Waals surface area (Å²) < 4.78 is 10.8. The summed E-state index contributed by atoms with van der Waals surface area (Å²) in [6, 6.07) is 6.86. The van der Waals surface area contributed by atoms with Gasteiger partial charge in [-0.2, -0.15) is 0 Å². The number of amides is 2. The Morgan fingerprint density at radius 1 is 1.07 bits per heavy atom. The van der Waals surface area contributed by atoms with Gasteiger partial charge in [0.15, 0.2) is 6.61 Å². The van der Waals surface area contributed by atoms with Gasteiger partial charge in [0.1, 0.15) is 5.75 Å². The van der Waals surface area contributed by atoms with Crippen LogP contribution in [-0.2, 0) is 16.0 Å². The molecule has 2 aromatic rings. The molecule has 0 unspecified atom stereocenters. The van der Waals surface area contributed by atoms with Crippen molar-refractivity contribution in [2.24, 2.45) is 0 Å². The number of nitrogens with zero attached hydrogens (tertiary/aromatic N) is 4. The van der Waals surface area contributed by atoms with Gasteiger partial charge in [-0.05, 0) is 24.3 Å². The Hall–Kier alpha value is -2.61. The maximum Gasteiger partial charge on any atom is 0.260 e. The molecule has 9 heteroatoms. The van der Waals surface area contributed by atoms with Crippen molar-refractivity contribution in [1.29, 1.82) is 0 Å². The van der Waals surface area contributed by atoms with E-state index in [-0.39, 0.29) is 18.4 Å². The first-order valence-corrected chi connectivity index (χ1v) is 9.12. The molecule has 0 atom stereocenters. The van der Waals surface area contributed by atoms with E-state index in [1.54, 1.807) is 41.0 Å². The molecule has 0 saturated carbocycles. The number of rotatable bonds is 6. The molecule has 1 saturated heterocycles. The van der Waals surface area contributed by atoms with Crippen molar-refractivity contribution in [2.75, 3.05) is 32.8 Å². The van der Waals surface area contributed by atoms with Crippen molar-refractivity contribution >= 4 is 23.4 Å². The van der Waals surface area contributed by atoms with Crippen LogP contribution in [-0.4, -0.2) is 64.6 Å². The summed E-state index contributed by atoms with van der Waals surface area (Å²) in [4.78, 5) is 28.0. The molecule has 0 spiro atoms. The van der Waals surface area contributed by atoms with Crippen LogP contribution in [0.15, 0.2) is 28.7 Å². The molecule has 1 fully saturated rings. The second-order valence-electron chi connectivity index (χ2n) is 6.22. The Kier molecular flexibility index (Phi) is 6.28. The maximum absolute atomic E-state index is 12.3. The summed E-state index contributed by atoms with van der Waals surface area (Å²) in [6.45, 7) is 3.68. The minimum absolute atomic E-state index is 0.0235. The fourth-order valence-electron chi connectivity index (χ4n) is 2.78. The van der Waals surface area contributed by atoms with E-state index in [2.05, 4.69) is 10.2 Å². The number of aryl methyl sites for hydroxylation is 2. The molecule has 0 bridgehead atoms. The zero-order chi connectivity index (χ0) is 19.2. The van der Waals surface area contributed by atoms with Crippen molar-refractivity contribution in [3.63, 3.8) is 0 Å². The quantitative estimate of drug-likeness (QED) is 0.743. The number of halogens is 1. The fourth-order valence-corrected chi connectivity index (χ4v) is 2.91. The van der Waals surface area contributed by atoms with Crippen molar-refractivity contribution in [3.8, 4) is 5.75 Å². The largest absolute Gasteiger partial charge is 0.484 e. The van der Waals surface area contributed by atoms with E-state index in [9.17, 15) is 9.59 Å². The van der Waals surface area contributed by atoms with Gasteiger partial charge in [-0.15, -0.1) is 10.2 Å². The van der Waals surface area contributed by atoms with Crippen molar-refractivity contribution in [1.82, 2.24) is 20.0 Å². The average Bonchev–Trinajstić information content (AvgIpc) is 3.11. The zero-order valence-corrected chi connectivity index (χ0v) is 15.8. The van der Waals surface area contributed by atoms with Gasteiger partial charge in [0, 0.05) is 51.0 Å². The van der Waals surface area contributed by atoms with Crippen LogP contribution in [0.1, 0.15) is 18.2 Å². The van der Waals surface area contributed by atoms with E-state index in [4.69, 9.17) is 20.8 Å². The highest BCUT2D eigenvalue weighted by Crippen LogP contribution is 2.15. The minimum Gasteiger partial charge on any atom is -0.484 e. The normalized spacial score (nSPS) is 14.3. The SMILES string of the molecule is Cc1nnc(CCC(=O)N2CCN(C(=O)COc3ccc(Cl)cc3)CC2)o1. The van der Waals surface area contributed by atoms with Crippen LogP contribution < -0.4 is 4.74 Å².